The van der Waals surface area contributed by atoms with Crippen LogP contribution in [0.25, 0.3) is 0 Å². The molecular weight excluding hydrogens is 248 g/mol. The van der Waals surface area contributed by atoms with Crippen molar-refractivity contribution in [3.63, 3.8) is 0 Å². The predicted molar refractivity (Wildman–Crippen MR) is 72.3 cm³/mol. The molecule has 0 amide bonds. The normalized spacial score (nSPS) is 19.2. The molecule has 0 bridgehead atoms. The largest absolute Gasteiger partial charge is 0.362 e. The van der Waals surface area contributed by atoms with Gasteiger partial charge in [0.1, 0.15) is 5.84 Å². The number of benzene rings is 1. The Balaban J connectivity index is 2.31. The van der Waals surface area contributed by atoms with Crippen molar-refractivity contribution in [3.8, 4) is 0 Å². The quantitative estimate of drug-likeness (QED) is 0.824. The summed E-state index contributed by atoms with van der Waals surface area (Å²) in [5, 5.41) is 0. The maximum absolute atomic E-state index is 12.1. The average Bonchev–Trinajstić information content (AvgIpc) is 2.32. The zero-order chi connectivity index (χ0) is 13.2. The van der Waals surface area contributed by atoms with Gasteiger partial charge < -0.3 is 4.90 Å². The predicted octanol–water partition coefficient (Wildman–Crippen LogP) is 2.20. The molecular formula is C13H18N2O2S. The van der Waals surface area contributed by atoms with Gasteiger partial charge in [-0.05, 0) is 31.9 Å². The highest BCUT2D eigenvalue weighted by molar-refractivity contribution is 7.90. The number of aryl methyl sites for hydroxylation is 1. The molecule has 0 aliphatic carbocycles. The Morgan fingerprint density at radius 1 is 1.17 bits per heavy atom. The molecule has 1 saturated heterocycles. The molecule has 5 heteroatoms. The lowest BCUT2D eigenvalue weighted by atomic mass is 10.1. The van der Waals surface area contributed by atoms with E-state index in [0.29, 0.717) is 5.84 Å². The summed E-state index contributed by atoms with van der Waals surface area (Å²) in [5.41, 5.74) is 1.04. The molecule has 1 fully saturated rings. The van der Waals surface area contributed by atoms with Gasteiger partial charge in [0.15, 0.2) is 0 Å². The van der Waals surface area contributed by atoms with Crippen LogP contribution in [-0.2, 0) is 10.0 Å². The van der Waals surface area contributed by atoms with Crippen LogP contribution in [0.1, 0.15) is 24.8 Å². The molecule has 0 unspecified atom stereocenters. The Morgan fingerprint density at radius 3 is 2.44 bits per heavy atom. The van der Waals surface area contributed by atoms with Crippen LogP contribution in [0.5, 0.6) is 0 Å². The van der Waals surface area contributed by atoms with Crippen molar-refractivity contribution in [1.82, 2.24) is 4.90 Å². The highest BCUT2D eigenvalue weighted by atomic mass is 32.2. The summed E-state index contributed by atoms with van der Waals surface area (Å²) < 4.78 is 28.2. The summed E-state index contributed by atoms with van der Waals surface area (Å²) in [6.07, 6.45) is 2.84. The Hall–Kier alpha value is -1.36. The maximum Gasteiger partial charge on any atom is 0.283 e. The maximum atomic E-state index is 12.1. The van der Waals surface area contributed by atoms with Gasteiger partial charge in [0.25, 0.3) is 10.0 Å². The van der Waals surface area contributed by atoms with Crippen LogP contribution in [0.4, 0.5) is 0 Å². The minimum absolute atomic E-state index is 0.263. The second-order valence-electron chi connectivity index (χ2n) is 4.67. The molecule has 1 heterocycles. The summed E-state index contributed by atoms with van der Waals surface area (Å²) in [7, 11) is -1.67. The van der Waals surface area contributed by atoms with Crippen molar-refractivity contribution >= 4 is 15.9 Å². The zero-order valence-corrected chi connectivity index (χ0v) is 11.6. The lowest BCUT2D eigenvalue weighted by molar-refractivity contribution is 0.434. The Bertz CT molecular complexity index is 547. The van der Waals surface area contributed by atoms with E-state index >= 15 is 0 Å². The molecule has 1 aliphatic rings. The second kappa shape index (κ2) is 5.10. The number of nitrogens with zero attached hydrogens (tertiary/aromatic N) is 2. The lowest BCUT2D eigenvalue weighted by Crippen LogP contribution is -2.32. The molecule has 0 saturated carbocycles. The number of piperidine rings is 1. The van der Waals surface area contributed by atoms with Crippen molar-refractivity contribution in [2.24, 2.45) is 4.40 Å². The van der Waals surface area contributed by atoms with E-state index in [1.807, 2.05) is 18.9 Å². The number of likely N-dealkylation sites (tertiary alicyclic amines) is 1. The van der Waals surface area contributed by atoms with E-state index in [9.17, 15) is 8.42 Å². The van der Waals surface area contributed by atoms with E-state index in [4.69, 9.17) is 0 Å². The van der Waals surface area contributed by atoms with E-state index in [-0.39, 0.29) is 4.90 Å². The monoisotopic (exact) mass is 266 g/mol. The molecule has 18 heavy (non-hydrogen) atoms. The molecule has 2 rings (SSSR count). The van der Waals surface area contributed by atoms with E-state index in [2.05, 4.69) is 4.40 Å². The number of hydrogen-bond acceptors (Lipinski definition) is 2. The van der Waals surface area contributed by atoms with Crippen LogP contribution in [0, 0.1) is 6.92 Å². The second-order valence-corrected chi connectivity index (χ2v) is 6.28. The van der Waals surface area contributed by atoms with Crippen molar-refractivity contribution in [1.29, 1.82) is 0 Å². The number of hydrogen-bond donors (Lipinski definition) is 0. The van der Waals surface area contributed by atoms with E-state index in [1.165, 1.54) is 0 Å². The minimum Gasteiger partial charge on any atom is -0.362 e. The van der Waals surface area contributed by atoms with Crippen LogP contribution in [0.15, 0.2) is 33.6 Å². The highest BCUT2D eigenvalue weighted by Gasteiger charge is 2.18. The van der Waals surface area contributed by atoms with Crippen molar-refractivity contribution in [2.45, 2.75) is 31.1 Å². The Kier molecular flexibility index (Phi) is 3.71. The van der Waals surface area contributed by atoms with Gasteiger partial charge in [0, 0.05) is 20.0 Å². The lowest BCUT2D eigenvalue weighted by Gasteiger charge is -2.25. The minimum atomic E-state index is -3.56. The number of rotatable bonds is 2. The van der Waals surface area contributed by atoms with Gasteiger partial charge in [0.2, 0.25) is 0 Å². The summed E-state index contributed by atoms with van der Waals surface area (Å²) in [4.78, 5) is 2.19. The van der Waals surface area contributed by atoms with E-state index in [1.54, 1.807) is 24.3 Å². The summed E-state index contributed by atoms with van der Waals surface area (Å²) >= 11 is 0. The molecule has 0 aromatic heterocycles. The first-order valence-corrected chi connectivity index (χ1v) is 7.55. The molecule has 98 valence electrons. The number of sulfonamides is 1. The molecule has 4 nitrogen and oxygen atoms in total. The first-order chi connectivity index (χ1) is 8.49. The van der Waals surface area contributed by atoms with Crippen LogP contribution in [0.3, 0.4) is 0 Å². The van der Waals surface area contributed by atoms with Gasteiger partial charge in [-0.3, -0.25) is 0 Å². The highest BCUT2D eigenvalue weighted by Crippen LogP contribution is 2.17. The first-order valence-electron chi connectivity index (χ1n) is 6.11. The van der Waals surface area contributed by atoms with Crippen LogP contribution < -0.4 is 0 Å². The van der Waals surface area contributed by atoms with Crippen LogP contribution >= 0.6 is 0 Å². The average molecular weight is 266 g/mol. The van der Waals surface area contributed by atoms with Gasteiger partial charge in [-0.2, -0.15) is 8.42 Å². The standard InChI is InChI=1S/C13H18N2O2S/c1-11-6-8-12(9-7-11)18(16,17)14-13-5-3-4-10-15(13)2/h6-9H,3-5,10H2,1-2H3. The van der Waals surface area contributed by atoms with Gasteiger partial charge in [-0.15, -0.1) is 4.40 Å². The Morgan fingerprint density at radius 2 is 1.83 bits per heavy atom. The summed E-state index contributed by atoms with van der Waals surface area (Å²) in [5.74, 6) is 0.668. The van der Waals surface area contributed by atoms with E-state index in [0.717, 1.165) is 31.4 Å². The fourth-order valence-corrected chi connectivity index (χ4v) is 3.06. The molecule has 1 aromatic carbocycles. The van der Waals surface area contributed by atoms with Crippen LogP contribution in [0.2, 0.25) is 0 Å². The summed E-state index contributed by atoms with van der Waals surface area (Å²) in [6.45, 7) is 2.81. The third-order valence-corrected chi connectivity index (χ3v) is 4.45. The molecule has 1 aliphatic heterocycles. The third kappa shape index (κ3) is 2.90. The Labute approximate surface area is 108 Å². The fourth-order valence-electron chi connectivity index (χ4n) is 1.97. The smallest absolute Gasteiger partial charge is 0.283 e. The van der Waals surface area contributed by atoms with Gasteiger partial charge in [0.05, 0.1) is 4.90 Å². The fraction of sp³-hybridized carbons (Fsp3) is 0.462. The molecule has 0 N–H and O–H groups in total. The topological polar surface area (TPSA) is 49.7 Å². The molecule has 1 aromatic rings. The molecule has 0 spiro atoms. The van der Waals surface area contributed by atoms with Crippen molar-refractivity contribution in [2.75, 3.05) is 13.6 Å². The van der Waals surface area contributed by atoms with Gasteiger partial charge in [-0.25, -0.2) is 0 Å². The molecule has 0 radical (unpaired) electrons. The number of amidine groups is 1. The third-order valence-electron chi connectivity index (χ3n) is 3.13. The van der Waals surface area contributed by atoms with Crippen LogP contribution in [-0.4, -0.2) is 32.7 Å². The van der Waals surface area contributed by atoms with Gasteiger partial charge in [-0.1, -0.05) is 17.7 Å². The molecule has 0 atom stereocenters. The van der Waals surface area contributed by atoms with Crippen molar-refractivity contribution < 1.29 is 8.42 Å². The first kappa shape index (κ1) is 13.1. The summed E-state index contributed by atoms with van der Waals surface area (Å²) in [6, 6.07) is 6.80. The zero-order valence-electron chi connectivity index (χ0n) is 10.8. The van der Waals surface area contributed by atoms with Crippen molar-refractivity contribution in [3.05, 3.63) is 29.8 Å². The van der Waals surface area contributed by atoms with E-state index < -0.39 is 10.0 Å². The SMILES string of the molecule is Cc1ccc(S(=O)(=O)N=C2CCCCN2C)cc1. The van der Waals surface area contributed by atoms with Gasteiger partial charge >= 0.3 is 0 Å².